The first-order valence-electron chi connectivity index (χ1n) is 11.2. The van der Waals surface area contributed by atoms with E-state index in [2.05, 4.69) is 5.32 Å². The van der Waals surface area contributed by atoms with E-state index in [0.29, 0.717) is 23.0 Å². The number of hydrogen-bond acceptors (Lipinski definition) is 5. The average molecular weight is 519 g/mol. The summed E-state index contributed by atoms with van der Waals surface area (Å²) in [5.74, 6) is -1.44. The van der Waals surface area contributed by atoms with Crippen LogP contribution in [0.1, 0.15) is 31.2 Å². The minimum Gasteiger partial charge on any atom is -0.452 e. The molecule has 0 aliphatic rings. The van der Waals surface area contributed by atoms with E-state index < -0.39 is 12.6 Å². The van der Waals surface area contributed by atoms with Gasteiger partial charge in [-0.2, -0.15) is 0 Å². The average Bonchev–Trinajstić information content (AvgIpc) is 3.43. The highest BCUT2D eigenvalue weighted by atomic mass is 35.5. The van der Waals surface area contributed by atoms with Crippen LogP contribution < -0.4 is 5.32 Å². The summed E-state index contributed by atoms with van der Waals surface area (Å²) in [5, 5.41) is 4.83. The van der Waals surface area contributed by atoms with Crippen molar-refractivity contribution in [2.75, 3.05) is 11.9 Å². The Morgan fingerprint density at radius 2 is 1.47 bits per heavy atom. The van der Waals surface area contributed by atoms with Gasteiger partial charge in [0.15, 0.2) is 6.61 Å². The molecule has 0 bridgehead atoms. The number of ether oxygens (including phenoxy) is 1. The number of carbonyl (C=O) groups is 3. The summed E-state index contributed by atoms with van der Waals surface area (Å²) in [5.41, 5.74) is 2.24. The van der Waals surface area contributed by atoms with Crippen LogP contribution in [0, 0.1) is 0 Å². The van der Waals surface area contributed by atoms with Gasteiger partial charge >= 0.3 is 5.97 Å². The smallest absolute Gasteiger partial charge is 0.340 e. The molecule has 0 saturated heterocycles. The fraction of sp³-hybridized carbons (Fsp3) is 0.107. The lowest BCUT2D eigenvalue weighted by Crippen LogP contribution is -2.34. The number of halogens is 1. The number of thiophene rings is 1. The number of anilines is 1. The SMILES string of the molecule is O=C(Nc1cc(Cl)ccc1C(=O)OCC(=O)N(Cc1ccccc1)Cc1ccccc1)c1cccs1. The summed E-state index contributed by atoms with van der Waals surface area (Å²) in [6, 6.07) is 27.1. The first kappa shape index (κ1) is 25.2. The zero-order valence-corrected chi connectivity index (χ0v) is 20.8. The molecule has 0 aliphatic heterocycles. The van der Waals surface area contributed by atoms with E-state index >= 15 is 0 Å². The van der Waals surface area contributed by atoms with Gasteiger partial charge in [0.2, 0.25) is 0 Å². The van der Waals surface area contributed by atoms with Gasteiger partial charge in [-0.15, -0.1) is 11.3 Å². The molecule has 36 heavy (non-hydrogen) atoms. The molecule has 0 radical (unpaired) electrons. The Kier molecular flexibility index (Phi) is 8.49. The number of benzene rings is 3. The summed E-state index contributed by atoms with van der Waals surface area (Å²) in [6.45, 7) is 0.295. The Labute approximate surface area is 218 Å². The molecule has 0 aliphatic carbocycles. The Morgan fingerprint density at radius 1 is 0.833 bits per heavy atom. The second kappa shape index (κ2) is 12.2. The van der Waals surface area contributed by atoms with E-state index in [-0.39, 0.29) is 23.1 Å². The van der Waals surface area contributed by atoms with E-state index in [1.165, 1.54) is 29.5 Å². The molecule has 2 amide bonds. The number of carbonyl (C=O) groups excluding carboxylic acids is 3. The Bertz CT molecular complexity index is 1290. The number of esters is 1. The zero-order chi connectivity index (χ0) is 25.3. The summed E-state index contributed by atoms with van der Waals surface area (Å²) >= 11 is 7.37. The van der Waals surface area contributed by atoms with Crippen LogP contribution in [-0.2, 0) is 22.6 Å². The predicted molar refractivity (Wildman–Crippen MR) is 141 cm³/mol. The van der Waals surface area contributed by atoms with Crippen molar-refractivity contribution in [3.05, 3.63) is 123 Å². The summed E-state index contributed by atoms with van der Waals surface area (Å²) in [6.07, 6.45) is 0. The largest absolute Gasteiger partial charge is 0.452 e. The van der Waals surface area contributed by atoms with Crippen molar-refractivity contribution < 1.29 is 19.1 Å². The van der Waals surface area contributed by atoms with Gasteiger partial charge in [-0.1, -0.05) is 78.3 Å². The monoisotopic (exact) mass is 518 g/mol. The zero-order valence-electron chi connectivity index (χ0n) is 19.2. The lowest BCUT2D eigenvalue weighted by molar-refractivity contribution is -0.135. The van der Waals surface area contributed by atoms with Crippen molar-refractivity contribution in [2.45, 2.75) is 13.1 Å². The highest BCUT2D eigenvalue weighted by molar-refractivity contribution is 7.12. The van der Waals surface area contributed by atoms with Crippen molar-refractivity contribution in [3.8, 4) is 0 Å². The predicted octanol–water partition coefficient (Wildman–Crippen LogP) is 6.04. The van der Waals surface area contributed by atoms with Crippen LogP contribution in [0.3, 0.4) is 0 Å². The summed E-state index contributed by atoms with van der Waals surface area (Å²) in [7, 11) is 0. The van der Waals surface area contributed by atoms with E-state index in [1.807, 2.05) is 60.7 Å². The van der Waals surface area contributed by atoms with Crippen LogP contribution in [0.2, 0.25) is 5.02 Å². The second-order valence-electron chi connectivity index (χ2n) is 7.92. The summed E-state index contributed by atoms with van der Waals surface area (Å²) in [4.78, 5) is 40.7. The number of nitrogens with zero attached hydrogens (tertiary/aromatic N) is 1. The fourth-order valence-electron chi connectivity index (χ4n) is 3.53. The molecule has 0 unspecified atom stereocenters. The molecule has 1 N–H and O–H groups in total. The van der Waals surface area contributed by atoms with Crippen molar-refractivity contribution in [3.63, 3.8) is 0 Å². The van der Waals surface area contributed by atoms with E-state index in [0.717, 1.165) is 11.1 Å². The van der Waals surface area contributed by atoms with E-state index in [1.54, 1.807) is 22.4 Å². The highest BCUT2D eigenvalue weighted by Gasteiger charge is 2.20. The quantitative estimate of drug-likeness (QED) is 0.274. The van der Waals surface area contributed by atoms with Crippen molar-refractivity contribution in [1.82, 2.24) is 4.90 Å². The van der Waals surface area contributed by atoms with Crippen LogP contribution in [0.5, 0.6) is 0 Å². The first-order chi connectivity index (χ1) is 17.5. The fourth-order valence-corrected chi connectivity index (χ4v) is 4.32. The van der Waals surface area contributed by atoms with Crippen LogP contribution in [-0.4, -0.2) is 29.3 Å². The lowest BCUT2D eigenvalue weighted by Gasteiger charge is -2.23. The van der Waals surface area contributed by atoms with Gasteiger partial charge in [0.1, 0.15) is 0 Å². The molecule has 1 heterocycles. The third-order valence-corrected chi connectivity index (χ3v) is 6.41. The second-order valence-corrected chi connectivity index (χ2v) is 9.30. The molecule has 0 fully saturated rings. The highest BCUT2D eigenvalue weighted by Crippen LogP contribution is 2.23. The Balaban J connectivity index is 1.46. The third kappa shape index (κ3) is 6.81. The van der Waals surface area contributed by atoms with Gasteiger partial charge in [0.25, 0.3) is 11.8 Å². The van der Waals surface area contributed by atoms with E-state index in [9.17, 15) is 14.4 Å². The lowest BCUT2D eigenvalue weighted by atomic mass is 10.1. The van der Waals surface area contributed by atoms with Crippen molar-refractivity contribution in [2.24, 2.45) is 0 Å². The van der Waals surface area contributed by atoms with Gasteiger partial charge in [-0.25, -0.2) is 4.79 Å². The Morgan fingerprint density at radius 3 is 2.06 bits per heavy atom. The van der Waals surface area contributed by atoms with Crippen LogP contribution >= 0.6 is 22.9 Å². The third-order valence-electron chi connectivity index (χ3n) is 5.31. The molecule has 3 aromatic carbocycles. The van der Waals surface area contributed by atoms with Crippen LogP contribution in [0.4, 0.5) is 5.69 Å². The maximum Gasteiger partial charge on any atom is 0.340 e. The standard InChI is InChI=1S/C28H23ClN2O4S/c29-22-13-14-23(24(16-22)30-27(33)25-12-7-15-36-25)28(34)35-19-26(32)31(17-20-8-3-1-4-9-20)18-21-10-5-2-6-11-21/h1-16H,17-19H2,(H,30,33). The first-order valence-corrected chi connectivity index (χ1v) is 12.4. The molecule has 4 rings (SSSR count). The maximum atomic E-state index is 13.1. The number of amides is 2. The normalized spacial score (nSPS) is 10.5. The molecule has 1 aromatic heterocycles. The van der Waals surface area contributed by atoms with Gasteiger partial charge < -0.3 is 15.0 Å². The van der Waals surface area contributed by atoms with Crippen LogP contribution in [0.25, 0.3) is 0 Å². The molecule has 0 atom stereocenters. The van der Waals surface area contributed by atoms with Gasteiger partial charge in [0, 0.05) is 18.1 Å². The van der Waals surface area contributed by atoms with Crippen LogP contribution in [0.15, 0.2) is 96.4 Å². The molecular formula is C28H23ClN2O4S. The Hall–Kier alpha value is -3.94. The topological polar surface area (TPSA) is 75.7 Å². The van der Waals surface area contributed by atoms with E-state index in [4.69, 9.17) is 16.3 Å². The minimum absolute atomic E-state index is 0.106. The number of rotatable bonds is 9. The van der Waals surface area contributed by atoms with Crippen molar-refractivity contribution in [1.29, 1.82) is 0 Å². The molecule has 0 spiro atoms. The number of hydrogen-bond donors (Lipinski definition) is 1. The molecule has 6 nitrogen and oxygen atoms in total. The maximum absolute atomic E-state index is 13.1. The molecular weight excluding hydrogens is 496 g/mol. The van der Waals surface area contributed by atoms with Gasteiger partial charge in [-0.05, 0) is 40.8 Å². The minimum atomic E-state index is -0.735. The van der Waals surface area contributed by atoms with Gasteiger partial charge in [0.05, 0.1) is 16.1 Å². The number of nitrogens with one attached hydrogen (secondary N) is 1. The molecule has 4 aromatic rings. The molecule has 0 saturated carbocycles. The van der Waals surface area contributed by atoms with Gasteiger partial charge in [-0.3, -0.25) is 9.59 Å². The molecule has 8 heteroatoms. The van der Waals surface area contributed by atoms with Crippen molar-refractivity contribution >= 4 is 46.4 Å². The summed E-state index contributed by atoms with van der Waals surface area (Å²) < 4.78 is 5.38. The molecule has 182 valence electrons.